The molecule has 3 amide bonds. The third-order valence-electron chi connectivity index (χ3n) is 7.36. The topological polar surface area (TPSA) is 65.1 Å². The van der Waals surface area contributed by atoms with Gasteiger partial charge in [-0.3, -0.25) is 9.69 Å². The van der Waals surface area contributed by atoms with Crippen molar-refractivity contribution in [3.8, 4) is 5.75 Å². The summed E-state index contributed by atoms with van der Waals surface area (Å²) in [6.07, 6.45) is 0.957. The van der Waals surface area contributed by atoms with Gasteiger partial charge in [0.2, 0.25) is 5.91 Å². The van der Waals surface area contributed by atoms with Crippen molar-refractivity contribution in [1.82, 2.24) is 20.0 Å². The lowest BCUT2D eigenvalue weighted by Gasteiger charge is -2.41. The van der Waals surface area contributed by atoms with Gasteiger partial charge in [-0.25, -0.2) is 4.79 Å². The third-order valence-corrected chi connectivity index (χ3v) is 8.36. The van der Waals surface area contributed by atoms with E-state index in [1.807, 2.05) is 59.2 Å². The predicted octanol–water partition coefficient (Wildman–Crippen LogP) is 4.15. The van der Waals surface area contributed by atoms with Crippen molar-refractivity contribution in [2.24, 2.45) is 0 Å². The Morgan fingerprint density at radius 3 is 2.54 bits per heavy atom. The van der Waals surface area contributed by atoms with Gasteiger partial charge in [0.15, 0.2) is 0 Å². The van der Waals surface area contributed by atoms with Crippen molar-refractivity contribution in [3.05, 3.63) is 87.6 Å². The van der Waals surface area contributed by atoms with E-state index >= 15 is 0 Å². The van der Waals surface area contributed by atoms with Gasteiger partial charge in [0.1, 0.15) is 5.75 Å². The summed E-state index contributed by atoms with van der Waals surface area (Å²) in [6.45, 7) is 5.34. The zero-order valence-electron chi connectivity index (χ0n) is 21.4. The third kappa shape index (κ3) is 5.65. The van der Waals surface area contributed by atoms with Crippen LogP contribution in [0.25, 0.3) is 0 Å². The fraction of sp³-hybridized carbons (Fsp3) is 0.379. The number of carbonyl (C=O) groups excluding carboxylic acids is 2. The van der Waals surface area contributed by atoms with Gasteiger partial charge in [0.05, 0.1) is 19.7 Å². The highest BCUT2D eigenvalue weighted by Crippen LogP contribution is 2.38. The second-order valence-corrected chi connectivity index (χ2v) is 10.7. The van der Waals surface area contributed by atoms with Gasteiger partial charge in [0, 0.05) is 43.6 Å². The van der Waals surface area contributed by atoms with E-state index in [-0.39, 0.29) is 24.0 Å². The number of amides is 3. The number of rotatable bonds is 6. The van der Waals surface area contributed by atoms with E-state index in [1.54, 1.807) is 18.4 Å². The molecule has 0 bridgehead atoms. The lowest BCUT2D eigenvalue weighted by Crippen LogP contribution is -2.58. The molecule has 8 heteroatoms. The molecule has 1 N–H and O–H groups in total. The first-order valence-corrected chi connectivity index (χ1v) is 13.7. The van der Waals surface area contributed by atoms with Crippen LogP contribution in [0, 0.1) is 0 Å². The first-order chi connectivity index (χ1) is 18.0. The Bertz CT molecular complexity index is 1210. The quantitative estimate of drug-likeness (QED) is 0.533. The van der Waals surface area contributed by atoms with E-state index in [0.29, 0.717) is 32.7 Å². The zero-order chi connectivity index (χ0) is 25.8. The molecule has 0 unspecified atom stereocenters. The van der Waals surface area contributed by atoms with Crippen molar-refractivity contribution in [2.45, 2.75) is 32.0 Å². The monoisotopic (exact) mass is 518 g/mol. The molecule has 1 fully saturated rings. The smallest absolute Gasteiger partial charge is 0.318 e. The fourth-order valence-corrected chi connectivity index (χ4v) is 6.25. The molecule has 2 atom stereocenters. The van der Waals surface area contributed by atoms with E-state index in [9.17, 15) is 9.59 Å². The summed E-state index contributed by atoms with van der Waals surface area (Å²) in [6, 6.07) is 20.2. The van der Waals surface area contributed by atoms with Crippen molar-refractivity contribution in [3.63, 3.8) is 0 Å². The largest absolute Gasteiger partial charge is 0.497 e. The van der Waals surface area contributed by atoms with Gasteiger partial charge in [-0.2, -0.15) is 0 Å². The van der Waals surface area contributed by atoms with Crippen LogP contribution < -0.4 is 10.1 Å². The number of nitrogens with one attached hydrogen (secondary N) is 1. The number of hydrogen-bond donors (Lipinski definition) is 1. The lowest BCUT2D eigenvalue weighted by molar-refractivity contribution is -0.135. The maximum atomic E-state index is 13.5. The van der Waals surface area contributed by atoms with Crippen molar-refractivity contribution in [1.29, 1.82) is 0 Å². The average molecular weight is 519 g/mol. The molecule has 0 aliphatic carbocycles. The summed E-state index contributed by atoms with van der Waals surface area (Å²) in [5, 5.41) is 5.16. The van der Waals surface area contributed by atoms with Gasteiger partial charge < -0.3 is 19.9 Å². The van der Waals surface area contributed by atoms with Crippen LogP contribution in [0.15, 0.2) is 66.0 Å². The molecule has 0 spiro atoms. The number of fused-ring (bicyclic) bond motifs is 1. The minimum Gasteiger partial charge on any atom is -0.497 e. The number of nitrogens with zero attached hydrogens (tertiary/aromatic N) is 3. The molecule has 37 heavy (non-hydrogen) atoms. The predicted molar refractivity (Wildman–Crippen MR) is 146 cm³/mol. The zero-order valence-corrected chi connectivity index (χ0v) is 22.2. The number of methoxy groups -OCH3 is 1. The molecule has 3 heterocycles. The summed E-state index contributed by atoms with van der Waals surface area (Å²) in [5.41, 5.74) is 3.53. The normalized spacial score (nSPS) is 19.8. The number of hydrogen-bond acceptors (Lipinski definition) is 5. The maximum Gasteiger partial charge on any atom is 0.318 e. The highest BCUT2D eigenvalue weighted by molar-refractivity contribution is 7.10. The van der Waals surface area contributed by atoms with Crippen LogP contribution in [-0.4, -0.2) is 72.5 Å². The summed E-state index contributed by atoms with van der Waals surface area (Å²) in [4.78, 5) is 33.7. The number of thiophene rings is 1. The second-order valence-electron chi connectivity index (χ2n) is 9.72. The van der Waals surface area contributed by atoms with E-state index in [1.165, 1.54) is 16.0 Å². The Kier molecular flexibility index (Phi) is 7.76. The molecule has 2 aromatic carbocycles. The Hall–Kier alpha value is -3.36. The Morgan fingerprint density at radius 1 is 1.03 bits per heavy atom. The number of ether oxygens (including phenoxy) is 1. The number of piperazine rings is 1. The average Bonchev–Trinajstić information content (AvgIpc) is 3.41. The minimum absolute atomic E-state index is 0.0457. The Morgan fingerprint density at radius 2 is 1.81 bits per heavy atom. The van der Waals surface area contributed by atoms with Gasteiger partial charge in [-0.05, 0) is 53.6 Å². The van der Waals surface area contributed by atoms with E-state index < -0.39 is 0 Å². The molecule has 2 aliphatic rings. The molecular weight excluding hydrogens is 484 g/mol. The SMILES string of the molecule is COc1ccc([C@@H]2c3ccsc3CCN2CC(=O)N2CCN(C(=O)NCc3ccccc3)[C@H](C)C2)cc1. The van der Waals surface area contributed by atoms with E-state index in [2.05, 4.69) is 33.8 Å². The molecule has 1 aromatic heterocycles. The molecule has 194 valence electrons. The summed E-state index contributed by atoms with van der Waals surface area (Å²) in [7, 11) is 1.67. The van der Waals surface area contributed by atoms with Gasteiger partial charge in [0.25, 0.3) is 0 Å². The van der Waals surface area contributed by atoms with Crippen molar-refractivity contribution >= 4 is 23.3 Å². The number of urea groups is 1. The number of carbonyl (C=O) groups is 2. The van der Waals surface area contributed by atoms with Crippen LogP contribution in [0.1, 0.15) is 34.5 Å². The molecule has 7 nitrogen and oxygen atoms in total. The molecule has 0 radical (unpaired) electrons. The minimum atomic E-state index is -0.0796. The van der Waals surface area contributed by atoms with E-state index in [4.69, 9.17) is 4.74 Å². The van der Waals surface area contributed by atoms with Crippen molar-refractivity contribution < 1.29 is 14.3 Å². The molecule has 3 aromatic rings. The van der Waals surface area contributed by atoms with Crippen LogP contribution in [-0.2, 0) is 17.8 Å². The van der Waals surface area contributed by atoms with Crippen molar-refractivity contribution in [2.75, 3.05) is 39.8 Å². The first-order valence-electron chi connectivity index (χ1n) is 12.8. The van der Waals surface area contributed by atoms with Gasteiger partial charge in [-0.1, -0.05) is 42.5 Å². The maximum absolute atomic E-state index is 13.5. The standard InChI is InChI=1S/C29H34N4O3S/c1-21-19-31(15-16-33(21)29(35)30-18-22-6-4-3-5-7-22)27(34)20-32-14-12-26-25(13-17-37-26)28(32)23-8-10-24(36-2)11-9-23/h3-11,13,17,21,28H,12,14-16,18-20H2,1-2H3,(H,30,35)/t21-,28-/m1/s1. The molecular formula is C29H34N4O3S. The molecule has 5 rings (SSSR count). The molecule has 1 saturated heterocycles. The van der Waals surface area contributed by atoms with Crippen LogP contribution in [0.4, 0.5) is 4.79 Å². The Labute approximate surface area is 222 Å². The van der Waals surface area contributed by atoms with Crippen LogP contribution in [0.3, 0.4) is 0 Å². The van der Waals surface area contributed by atoms with Gasteiger partial charge in [-0.15, -0.1) is 11.3 Å². The molecule has 0 saturated carbocycles. The first kappa shape index (κ1) is 25.3. The summed E-state index contributed by atoms with van der Waals surface area (Å²) < 4.78 is 5.35. The lowest BCUT2D eigenvalue weighted by atomic mass is 9.93. The van der Waals surface area contributed by atoms with E-state index in [0.717, 1.165) is 24.3 Å². The van der Waals surface area contributed by atoms with Crippen LogP contribution in [0.2, 0.25) is 0 Å². The van der Waals surface area contributed by atoms with Crippen LogP contribution in [0.5, 0.6) is 5.75 Å². The summed E-state index contributed by atoms with van der Waals surface area (Å²) >= 11 is 1.80. The number of benzene rings is 2. The fourth-order valence-electron chi connectivity index (χ4n) is 5.35. The van der Waals surface area contributed by atoms with Gasteiger partial charge >= 0.3 is 6.03 Å². The highest BCUT2D eigenvalue weighted by atomic mass is 32.1. The molecule has 2 aliphatic heterocycles. The second kappa shape index (κ2) is 11.4. The Balaban J connectivity index is 1.21. The van der Waals surface area contributed by atoms with Crippen LogP contribution >= 0.6 is 11.3 Å². The summed E-state index contributed by atoms with van der Waals surface area (Å²) in [5.74, 6) is 0.945. The highest BCUT2D eigenvalue weighted by Gasteiger charge is 2.34.